The topological polar surface area (TPSA) is 65.2 Å². The van der Waals surface area contributed by atoms with E-state index in [0.717, 1.165) is 6.20 Å². The summed E-state index contributed by atoms with van der Waals surface area (Å²) in [5, 5.41) is 0. The summed E-state index contributed by atoms with van der Waals surface area (Å²) in [5.74, 6) is -0.406. The molecule has 0 bridgehead atoms. The number of hydrogen-bond acceptors (Lipinski definition) is 4. The Bertz CT molecular complexity index is 422. The van der Waals surface area contributed by atoms with Crippen molar-refractivity contribution in [1.29, 1.82) is 0 Å². The van der Waals surface area contributed by atoms with Gasteiger partial charge < -0.3 is 10.5 Å². The summed E-state index contributed by atoms with van der Waals surface area (Å²) in [7, 11) is 0. The van der Waals surface area contributed by atoms with E-state index in [1.807, 2.05) is 0 Å². The fourth-order valence-corrected chi connectivity index (χ4v) is 1.46. The molecule has 0 aliphatic heterocycles. The highest BCUT2D eigenvalue weighted by Gasteiger charge is 2.19. The number of pyridine rings is 1. The van der Waals surface area contributed by atoms with E-state index < -0.39 is 12.4 Å². The molecule has 0 unspecified atom stereocenters. The summed E-state index contributed by atoms with van der Waals surface area (Å²) >= 11 is 0. The lowest BCUT2D eigenvalue weighted by atomic mass is 10.0. The zero-order valence-electron chi connectivity index (χ0n) is 9.67. The van der Waals surface area contributed by atoms with Crippen LogP contribution in [0.2, 0.25) is 0 Å². The molecule has 4 nitrogen and oxygen atoms in total. The molecule has 1 heterocycles. The number of carbonyl (C=O) groups excluding carboxylic acids is 1. The van der Waals surface area contributed by atoms with Crippen molar-refractivity contribution >= 4 is 11.8 Å². The van der Waals surface area contributed by atoms with Crippen LogP contribution >= 0.6 is 0 Å². The van der Waals surface area contributed by atoms with Crippen molar-refractivity contribution in [2.45, 2.75) is 26.7 Å². The third kappa shape index (κ3) is 3.12. The molecule has 0 fully saturated rings. The average molecular weight is 244 g/mol. The maximum absolute atomic E-state index is 12.7. The molecule has 0 saturated carbocycles. The van der Waals surface area contributed by atoms with Gasteiger partial charge in [0.25, 0.3) is 6.43 Å². The number of alkyl halides is 2. The second-order valence-electron chi connectivity index (χ2n) is 3.48. The van der Waals surface area contributed by atoms with Gasteiger partial charge in [-0.1, -0.05) is 0 Å². The van der Waals surface area contributed by atoms with E-state index >= 15 is 0 Å². The normalized spacial score (nSPS) is 10.6. The number of hydrogen-bond donors (Lipinski definition) is 1. The first-order valence-electron chi connectivity index (χ1n) is 5.15. The molecule has 6 heteroatoms. The van der Waals surface area contributed by atoms with Gasteiger partial charge >= 0.3 is 5.97 Å². The number of anilines is 1. The minimum Gasteiger partial charge on any atom is -0.466 e. The van der Waals surface area contributed by atoms with Crippen LogP contribution in [0.1, 0.15) is 30.0 Å². The Morgan fingerprint density at radius 3 is 2.76 bits per heavy atom. The Balaban J connectivity index is 3.10. The van der Waals surface area contributed by atoms with Gasteiger partial charge in [0, 0.05) is 11.8 Å². The third-order valence-corrected chi connectivity index (χ3v) is 2.39. The summed E-state index contributed by atoms with van der Waals surface area (Å²) < 4.78 is 30.2. The standard InChI is InChI=1S/C11H14F2N2O2/c1-3-17-9(16)4-7-6(2)11(14)15-5-8(7)10(12)13/h5,10H,3-4H2,1-2H3,(H2,14,15). The smallest absolute Gasteiger partial charge is 0.310 e. The molecule has 0 aliphatic carbocycles. The van der Waals surface area contributed by atoms with Crippen molar-refractivity contribution in [1.82, 2.24) is 4.98 Å². The largest absolute Gasteiger partial charge is 0.466 e. The highest BCUT2D eigenvalue weighted by molar-refractivity contribution is 5.74. The number of nitrogens with zero attached hydrogens (tertiary/aromatic N) is 1. The van der Waals surface area contributed by atoms with Crippen molar-refractivity contribution in [2.75, 3.05) is 12.3 Å². The summed E-state index contributed by atoms with van der Waals surface area (Å²) in [6.07, 6.45) is -1.90. The van der Waals surface area contributed by atoms with Gasteiger partial charge in [0.2, 0.25) is 0 Å². The van der Waals surface area contributed by atoms with E-state index in [4.69, 9.17) is 10.5 Å². The van der Waals surface area contributed by atoms with Gasteiger partial charge in [-0.3, -0.25) is 4.79 Å². The maximum atomic E-state index is 12.7. The minimum absolute atomic E-state index is 0.147. The van der Waals surface area contributed by atoms with E-state index in [1.54, 1.807) is 13.8 Å². The molecule has 0 aromatic carbocycles. The van der Waals surface area contributed by atoms with Crippen molar-refractivity contribution in [3.05, 3.63) is 22.9 Å². The Hall–Kier alpha value is -1.72. The van der Waals surface area contributed by atoms with E-state index in [9.17, 15) is 13.6 Å². The Kier molecular flexibility index (Phi) is 4.37. The van der Waals surface area contributed by atoms with E-state index in [0.29, 0.717) is 5.56 Å². The summed E-state index contributed by atoms with van der Waals surface area (Å²) in [5.41, 5.74) is 5.86. The Morgan fingerprint density at radius 1 is 1.59 bits per heavy atom. The molecule has 0 saturated heterocycles. The van der Waals surface area contributed by atoms with Gasteiger partial charge in [-0.2, -0.15) is 0 Å². The predicted molar refractivity (Wildman–Crippen MR) is 58.7 cm³/mol. The van der Waals surface area contributed by atoms with Crippen molar-refractivity contribution in [3.8, 4) is 0 Å². The van der Waals surface area contributed by atoms with Gasteiger partial charge in [0.15, 0.2) is 0 Å². The monoisotopic (exact) mass is 244 g/mol. The van der Waals surface area contributed by atoms with Crippen molar-refractivity contribution in [3.63, 3.8) is 0 Å². The van der Waals surface area contributed by atoms with E-state index in [2.05, 4.69) is 4.98 Å². The molecular formula is C11H14F2N2O2. The van der Waals surface area contributed by atoms with Gasteiger partial charge in [0.1, 0.15) is 5.82 Å². The molecule has 1 aromatic rings. The number of ether oxygens (including phenoxy) is 1. The van der Waals surface area contributed by atoms with Crippen LogP contribution in [-0.2, 0) is 16.0 Å². The van der Waals surface area contributed by atoms with Crippen molar-refractivity contribution < 1.29 is 18.3 Å². The molecule has 0 radical (unpaired) electrons. The van der Waals surface area contributed by atoms with Crippen LogP contribution in [0.4, 0.5) is 14.6 Å². The Morgan fingerprint density at radius 2 is 2.24 bits per heavy atom. The molecule has 0 aliphatic rings. The highest BCUT2D eigenvalue weighted by Crippen LogP contribution is 2.27. The van der Waals surface area contributed by atoms with Gasteiger partial charge in [-0.05, 0) is 25.0 Å². The second-order valence-corrected chi connectivity index (χ2v) is 3.48. The van der Waals surface area contributed by atoms with E-state index in [1.165, 1.54) is 0 Å². The van der Waals surface area contributed by atoms with Gasteiger partial charge in [-0.25, -0.2) is 13.8 Å². The lowest BCUT2D eigenvalue weighted by Gasteiger charge is -2.12. The Labute approximate surface area is 97.8 Å². The van der Waals surface area contributed by atoms with E-state index in [-0.39, 0.29) is 30.0 Å². The number of halogens is 2. The highest BCUT2D eigenvalue weighted by atomic mass is 19.3. The summed E-state index contributed by atoms with van der Waals surface area (Å²) in [6, 6.07) is 0. The van der Waals surface area contributed by atoms with Crippen LogP contribution in [-0.4, -0.2) is 17.6 Å². The van der Waals surface area contributed by atoms with Crippen LogP contribution in [0.25, 0.3) is 0 Å². The quantitative estimate of drug-likeness (QED) is 0.823. The molecule has 94 valence electrons. The fourth-order valence-electron chi connectivity index (χ4n) is 1.46. The van der Waals surface area contributed by atoms with Crippen LogP contribution < -0.4 is 5.73 Å². The van der Waals surface area contributed by atoms with Crippen LogP contribution in [0, 0.1) is 6.92 Å². The SMILES string of the molecule is CCOC(=O)Cc1c(C(F)F)cnc(N)c1C. The molecule has 1 aromatic heterocycles. The van der Waals surface area contributed by atoms with Gasteiger partial charge in [-0.15, -0.1) is 0 Å². The maximum Gasteiger partial charge on any atom is 0.310 e. The average Bonchev–Trinajstić information content (AvgIpc) is 2.25. The van der Waals surface area contributed by atoms with Crippen LogP contribution in [0.5, 0.6) is 0 Å². The zero-order chi connectivity index (χ0) is 13.0. The molecule has 0 atom stereocenters. The fraction of sp³-hybridized carbons (Fsp3) is 0.455. The summed E-state index contributed by atoms with van der Waals surface area (Å²) in [6.45, 7) is 3.42. The minimum atomic E-state index is -2.69. The van der Waals surface area contributed by atoms with Crippen LogP contribution in [0.3, 0.4) is 0 Å². The first-order chi connectivity index (χ1) is 7.97. The lowest BCUT2D eigenvalue weighted by Crippen LogP contribution is -2.12. The molecule has 0 amide bonds. The molecule has 2 N–H and O–H groups in total. The van der Waals surface area contributed by atoms with Crippen LogP contribution in [0.15, 0.2) is 6.20 Å². The zero-order valence-corrected chi connectivity index (χ0v) is 9.67. The molecular weight excluding hydrogens is 230 g/mol. The number of rotatable bonds is 4. The first kappa shape index (κ1) is 13.3. The first-order valence-corrected chi connectivity index (χ1v) is 5.15. The lowest BCUT2D eigenvalue weighted by molar-refractivity contribution is -0.142. The number of aromatic nitrogens is 1. The number of carbonyl (C=O) groups is 1. The molecule has 1 rings (SSSR count). The third-order valence-electron chi connectivity index (χ3n) is 2.39. The van der Waals surface area contributed by atoms with Gasteiger partial charge in [0.05, 0.1) is 13.0 Å². The number of nitrogen functional groups attached to an aromatic ring is 1. The predicted octanol–water partition coefficient (Wildman–Crippen LogP) is 2.02. The number of nitrogens with two attached hydrogens (primary N) is 1. The molecule has 17 heavy (non-hydrogen) atoms. The second kappa shape index (κ2) is 5.56. The number of esters is 1. The summed E-state index contributed by atoms with van der Waals surface area (Å²) in [4.78, 5) is 15.0. The van der Waals surface area contributed by atoms with Crippen molar-refractivity contribution in [2.24, 2.45) is 0 Å². The molecule has 0 spiro atoms.